The van der Waals surface area contributed by atoms with Gasteiger partial charge in [-0.1, -0.05) is 24.3 Å². The van der Waals surface area contributed by atoms with Crippen LogP contribution in [0.25, 0.3) is 16.8 Å². The standard InChI is InChI=1S/C32H37N3O8S/c1-38-26-17-22(18-27(39-2)31(26)42-5)9-8-13-33-15-16-35(24-19-28(40-3)32(43-6)29(20-24)41-4)44(36,37)30-11-7-10-23-21-34-14-12-25(23)30/h7-12,14,17-21,33H,13,15-16H2,1-6H3. The van der Waals surface area contributed by atoms with Gasteiger partial charge in [0, 0.05) is 54.9 Å². The van der Waals surface area contributed by atoms with Crippen LogP contribution in [0.5, 0.6) is 34.5 Å². The molecule has 234 valence electrons. The number of anilines is 1. The molecule has 0 fully saturated rings. The van der Waals surface area contributed by atoms with Crippen molar-refractivity contribution in [2.75, 3.05) is 66.6 Å². The fourth-order valence-corrected chi connectivity index (χ4v) is 6.46. The van der Waals surface area contributed by atoms with Crippen LogP contribution in [0, 0.1) is 0 Å². The van der Waals surface area contributed by atoms with Crippen LogP contribution >= 0.6 is 0 Å². The molecule has 1 heterocycles. The van der Waals surface area contributed by atoms with Gasteiger partial charge in [0.2, 0.25) is 11.5 Å². The summed E-state index contributed by atoms with van der Waals surface area (Å²) in [6.07, 6.45) is 7.05. The van der Waals surface area contributed by atoms with Crippen LogP contribution in [0.3, 0.4) is 0 Å². The van der Waals surface area contributed by atoms with Crippen LogP contribution in [0.2, 0.25) is 0 Å². The number of pyridine rings is 1. The lowest BCUT2D eigenvalue weighted by Crippen LogP contribution is -2.37. The Morgan fingerprint density at radius 1 is 0.795 bits per heavy atom. The lowest BCUT2D eigenvalue weighted by atomic mass is 10.1. The first-order valence-corrected chi connectivity index (χ1v) is 15.1. The van der Waals surface area contributed by atoms with Crippen molar-refractivity contribution in [1.29, 1.82) is 0 Å². The smallest absolute Gasteiger partial charge is 0.264 e. The Morgan fingerprint density at radius 3 is 1.95 bits per heavy atom. The highest BCUT2D eigenvalue weighted by Gasteiger charge is 2.29. The zero-order valence-electron chi connectivity index (χ0n) is 25.6. The number of aromatic nitrogens is 1. The van der Waals surface area contributed by atoms with E-state index in [1.807, 2.05) is 30.4 Å². The molecule has 0 aliphatic heterocycles. The van der Waals surface area contributed by atoms with Crippen molar-refractivity contribution in [3.05, 3.63) is 72.6 Å². The van der Waals surface area contributed by atoms with Crippen LogP contribution in [-0.2, 0) is 10.0 Å². The van der Waals surface area contributed by atoms with Crippen molar-refractivity contribution in [2.24, 2.45) is 0 Å². The Hall–Kier alpha value is -4.68. The molecule has 44 heavy (non-hydrogen) atoms. The molecule has 0 saturated carbocycles. The van der Waals surface area contributed by atoms with E-state index in [1.54, 1.807) is 64.1 Å². The Kier molecular flexibility index (Phi) is 10.7. The van der Waals surface area contributed by atoms with Gasteiger partial charge in [-0.05, 0) is 29.8 Å². The van der Waals surface area contributed by atoms with Crippen LogP contribution in [0.4, 0.5) is 5.69 Å². The first-order valence-electron chi connectivity index (χ1n) is 13.7. The highest BCUT2D eigenvalue weighted by Crippen LogP contribution is 2.42. The first-order chi connectivity index (χ1) is 21.3. The molecule has 0 unspecified atom stereocenters. The summed E-state index contributed by atoms with van der Waals surface area (Å²) < 4.78 is 62.7. The van der Waals surface area contributed by atoms with Crippen LogP contribution < -0.4 is 38.0 Å². The largest absolute Gasteiger partial charge is 0.493 e. The second-order valence-corrected chi connectivity index (χ2v) is 11.2. The Labute approximate surface area is 258 Å². The summed E-state index contributed by atoms with van der Waals surface area (Å²) in [6.45, 7) is 0.919. The summed E-state index contributed by atoms with van der Waals surface area (Å²) in [5, 5.41) is 4.59. The molecule has 0 aliphatic rings. The number of nitrogens with one attached hydrogen (secondary N) is 1. The number of hydrogen-bond donors (Lipinski definition) is 1. The molecule has 3 aromatic carbocycles. The van der Waals surface area contributed by atoms with Gasteiger partial charge in [-0.15, -0.1) is 0 Å². The molecule has 0 saturated heterocycles. The predicted molar refractivity (Wildman–Crippen MR) is 170 cm³/mol. The second-order valence-electron chi connectivity index (χ2n) is 9.38. The third kappa shape index (κ3) is 6.76. The molecule has 0 amide bonds. The van der Waals surface area contributed by atoms with E-state index < -0.39 is 10.0 Å². The Balaban J connectivity index is 1.61. The number of rotatable bonds is 15. The highest BCUT2D eigenvalue weighted by molar-refractivity contribution is 7.93. The Morgan fingerprint density at radius 2 is 1.39 bits per heavy atom. The number of benzene rings is 3. The van der Waals surface area contributed by atoms with Crippen LogP contribution in [0.15, 0.2) is 71.9 Å². The predicted octanol–water partition coefficient (Wildman–Crippen LogP) is 4.78. The lowest BCUT2D eigenvalue weighted by molar-refractivity contribution is 0.324. The molecule has 0 atom stereocenters. The number of hydrogen-bond acceptors (Lipinski definition) is 10. The SMILES string of the molecule is COc1cc(C=CCNCCN(c2cc(OC)c(OC)c(OC)c2)S(=O)(=O)c2cccc3cnccc23)cc(OC)c1OC. The first kappa shape index (κ1) is 32.2. The number of fused-ring (bicyclic) bond motifs is 1. The fourth-order valence-electron chi connectivity index (χ4n) is 4.79. The van der Waals surface area contributed by atoms with E-state index >= 15 is 0 Å². The van der Waals surface area contributed by atoms with Gasteiger partial charge in [-0.25, -0.2) is 8.42 Å². The molecule has 0 aliphatic carbocycles. The topological polar surface area (TPSA) is 118 Å². The van der Waals surface area contributed by atoms with Crippen molar-refractivity contribution < 1.29 is 36.8 Å². The summed E-state index contributed by atoms with van der Waals surface area (Å²) in [5.74, 6) is 2.66. The van der Waals surface area contributed by atoms with Gasteiger partial charge in [0.1, 0.15) is 0 Å². The molecular formula is C32H37N3O8S. The number of nitrogens with zero attached hydrogens (tertiary/aromatic N) is 2. The van der Waals surface area contributed by atoms with E-state index in [4.69, 9.17) is 28.4 Å². The van der Waals surface area contributed by atoms with Crippen molar-refractivity contribution in [1.82, 2.24) is 10.3 Å². The molecule has 0 spiro atoms. The summed E-state index contributed by atoms with van der Waals surface area (Å²) >= 11 is 0. The molecule has 4 rings (SSSR count). The van der Waals surface area contributed by atoms with Gasteiger partial charge >= 0.3 is 0 Å². The zero-order chi connectivity index (χ0) is 31.7. The van der Waals surface area contributed by atoms with E-state index in [-0.39, 0.29) is 11.4 Å². The van der Waals surface area contributed by atoms with Crippen molar-refractivity contribution in [3.63, 3.8) is 0 Å². The third-order valence-electron chi connectivity index (χ3n) is 6.90. The summed E-state index contributed by atoms with van der Waals surface area (Å²) in [6, 6.07) is 13.7. The molecule has 1 N–H and O–H groups in total. The number of methoxy groups -OCH3 is 6. The minimum absolute atomic E-state index is 0.112. The van der Waals surface area contributed by atoms with Crippen LogP contribution in [0.1, 0.15) is 5.56 Å². The van der Waals surface area contributed by atoms with E-state index in [2.05, 4.69) is 10.3 Å². The monoisotopic (exact) mass is 623 g/mol. The maximum absolute atomic E-state index is 14.3. The minimum Gasteiger partial charge on any atom is -0.493 e. The van der Waals surface area contributed by atoms with Gasteiger partial charge in [0.15, 0.2) is 23.0 Å². The van der Waals surface area contributed by atoms with E-state index in [1.165, 1.54) is 25.6 Å². The van der Waals surface area contributed by atoms with Gasteiger partial charge in [-0.2, -0.15) is 0 Å². The average molecular weight is 624 g/mol. The normalized spacial score (nSPS) is 11.4. The maximum atomic E-state index is 14.3. The Bertz CT molecular complexity index is 1670. The van der Waals surface area contributed by atoms with Crippen molar-refractivity contribution in [2.45, 2.75) is 4.90 Å². The molecule has 0 radical (unpaired) electrons. The number of sulfonamides is 1. The molecule has 11 nitrogen and oxygen atoms in total. The second kappa shape index (κ2) is 14.7. The third-order valence-corrected chi connectivity index (χ3v) is 8.78. The molecular weight excluding hydrogens is 586 g/mol. The average Bonchev–Trinajstić information content (AvgIpc) is 3.06. The number of ether oxygens (including phenoxy) is 6. The quantitative estimate of drug-likeness (QED) is 0.185. The van der Waals surface area contributed by atoms with E-state index in [0.717, 1.165) is 5.56 Å². The van der Waals surface area contributed by atoms with E-state index in [9.17, 15) is 8.42 Å². The summed E-state index contributed by atoms with van der Waals surface area (Å²) in [5.41, 5.74) is 1.22. The van der Waals surface area contributed by atoms with Crippen molar-refractivity contribution in [3.8, 4) is 34.5 Å². The molecule has 4 aromatic rings. The summed E-state index contributed by atoms with van der Waals surface area (Å²) in [4.78, 5) is 4.30. The van der Waals surface area contributed by atoms with Gasteiger partial charge in [0.05, 0.1) is 53.2 Å². The van der Waals surface area contributed by atoms with Crippen molar-refractivity contribution >= 4 is 32.6 Å². The zero-order valence-corrected chi connectivity index (χ0v) is 26.4. The van der Waals surface area contributed by atoms with Gasteiger partial charge in [-0.3, -0.25) is 9.29 Å². The molecule has 0 bridgehead atoms. The van der Waals surface area contributed by atoms with Gasteiger partial charge in [0.25, 0.3) is 10.0 Å². The minimum atomic E-state index is -4.05. The fraction of sp³-hybridized carbons (Fsp3) is 0.281. The highest BCUT2D eigenvalue weighted by atomic mass is 32.2. The molecule has 1 aromatic heterocycles. The maximum Gasteiger partial charge on any atom is 0.264 e. The lowest BCUT2D eigenvalue weighted by Gasteiger charge is -2.27. The van der Waals surface area contributed by atoms with E-state index in [0.29, 0.717) is 64.0 Å². The van der Waals surface area contributed by atoms with Crippen LogP contribution in [-0.4, -0.2) is 75.7 Å². The summed E-state index contributed by atoms with van der Waals surface area (Å²) in [7, 11) is 5.10. The van der Waals surface area contributed by atoms with Gasteiger partial charge < -0.3 is 33.7 Å². The molecule has 12 heteroatoms.